The van der Waals surface area contributed by atoms with Crippen molar-refractivity contribution in [1.82, 2.24) is 36.4 Å². The zero-order valence-corrected chi connectivity index (χ0v) is 39.3. The summed E-state index contributed by atoms with van der Waals surface area (Å²) in [5, 5.41) is 43.6. The average molecular weight is 965 g/mol. The molecule has 2 aromatic carbocycles. The molecule has 376 valence electrons. The predicted octanol–water partition coefficient (Wildman–Crippen LogP) is -1.72. The third-order valence-electron chi connectivity index (χ3n) is 12.0. The first kappa shape index (κ1) is 54.3. The molecular weight excluding hydrogens is 901 g/mol. The van der Waals surface area contributed by atoms with E-state index < -0.39 is 120 Å². The van der Waals surface area contributed by atoms with Gasteiger partial charge in [0.2, 0.25) is 41.4 Å². The summed E-state index contributed by atoms with van der Waals surface area (Å²) >= 11 is 0. The number of aliphatic carboxylic acids is 1. The molecule has 2 bridgehead atoms. The molecule has 2 fully saturated rings. The number of aliphatic hydroxyl groups is 1. The number of phenols is 1. The van der Waals surface area contributed by atoms with E-state index in [0.717, 1.165) is 16.7 Å². The van der Waals surface area contributed by atoms with Crippen LogP contribution in [0.15, 0.2) is 59.6 Å². The van der Waals surface area contributed by atoms with Crippen molar-refractivity contribution in [3.63, 3.8) is 0 Å². The molecule has 0 aromatic heterocycles. The van der Waals surface area contributed by atoms with Gasteiger partial charge in [-0.25, -0.2) is 4.79 Å². The van der Waals surface area contributed by atoms with Crippen molar-refractivity contribution in [1.29, 1.82) is 0 Å². The first-order valence-corrected chi connectivity index (χ1v) is 22.7. The Bertz CT molecular complexity index is 2190. The molecule has 0 spiro atoms. The number of amides is 7. The summed E-state index contributed by atoms with van der Waals surface area (Å²) < 4.78 is 5.83. The molecule has 7 amide bonds. The molecule has 4 unspecified atom stereocenters. The number of nitrogens with one attached hydrogen (secondary N) is 5. The van der Waals surface area contributed by atoms with Crippen LogP contribution in [0.4, 0.5) is 0 Å². The van der Waals surface area contributed by atoms with E-state index in [1.54, 1.807) is 44.2 Å². The van der Waals surface area contributed by atoms with Crippen molar-refractivity contribution < 1.29 is 63.2 Å². The van der Waals surface area contributed by atoms with Crippen molar-refractivity contribution in [3.8, 4) is 5.75 Å². The minimum Gasteiger partial charge on any atom is -0.508 e. The van der Waals surface area contributed by atoms with Gasteiger partial charge >= 0.3 is 11.9 Å². The normalized spacial score (nSPS) is 25.0. The Balaban J connectivity index is 1.91. The summed E-state index contributed by atoms with van der Waals surface area (Å²) in [6.45, 7) is 5.61. The van der Waals surface area contributed by atoms with Gasteiger partial charge in [-0.1, -0.05) is 62.7 Å². The third kappa shape index (κ3) is 15.4. The number of rotatable bonds is 15. The topological polar surface area (TPSA) is 355 Å². The van der Waals surface area contributed by atoms with Crippen LogP contribution in [0.1, 0.15) is 77.3 Å². The Kier molecular flexibility index (Phi) is 19.8. The number of likely N-dealkylation sites (N-methyl/N-ethyl adjacent to an activating group) is 1. The fourth-order valence-corrected chi connectivity index (χ4v) is 8.02. The molecule has 0 aliphatic carbocycles. The number of carbonyl (C=O) groups excluding carboxylic acids is 8. The number of carbonyl (C=O) groups is 9. The number of benzene rings is 2. The number of nitrogens with zero attached hydrogens (tertiary/aromatic N) is 3. The van der Waals surface area contributed by atoms with Gasteiger partial charge in [-0.15, -0.1) is 0 Å². The predicted molar refractivity (Wildman–Crippen MR) is 247 cm³/mol. The number of fused-ring (bicyclic) bond motifs is 2. The second kappa shape index (κ2) is 25.2. The maximum atomic E-state index is 15.1. The van der Waals surface area contributed by atoms with Crippen LogP contribution in [0.3, 0.4) is 0 Å². The fourth-order valence-electron chi connectivity index (χ4n) is 8.02. The number of ether oxygens (including phenoxy) is 1. The van der Waals surface area contributed by atoms with Gasteiger partial charge in [0.05, 0.1) is 6.42 Å². The molecular formula is C46H64N10O13. The molecule has 23 heteroatoms. The number of piperidine rings is 1. The highest BCUT2D eigenvalue weighted by atomic mass is 16.5. The maximum Gasteiger partial charge on any atom is 0.329 e. The van der Waals surface area contributed by atoms with Crippen LogP contribution in [0.25, 0.3) is 0 Å². The van der Waals surface area contributed by atoms with Crippen LogP contribution in [0, 0.1) is 5.92 Å². The maximum absolute atomic E-state index is 15.1. The van der Waals surface area contributed by atoms with E-state index in [4.69, 9.17) is 16.2 Å². The highest BCUT2D eigenvalue weighted by Crippen LogP contribution is 2.26. The lowest BCUT2D eigenvalue weighted by Crippen LogP contribution is -2.65. The van der Waals surface area contributed by atoms with E-state index in [2.05, 4.69) is 31.6 Å². The van der Waals surface area contributed by atoms with Gasteiger partial charge in [0.15, 0.2) is 5.96 Å². The van der Waals surface area contributed by atoms with Crippen molar-refractivity contribution >= 4 is 59.2 Å². The van der Waals surface area contributed by atoms with Gasteiger partial charge in [0, 0.05) is 33.4 Å². The van der Waals surface area contributed by atoms with Crippen LogP contribution < -0.4 is 38.1 Å². The largest absolute Gasteiger partial charge is 0.508 e. The summed E-state index contributed by atoms with van der Waals surface area (Å²) in [4.78, 5) is 131. The number of aliphatic imine (C=N–C) groups is 1. The first-order valence-electron chi connectivity index (χ1n) is 22.7. The number of aliphatic hydroxyl groups excluding tert-OH is 1. The molecule has 0 saturated carbocycles. The molecule has 0 radical (unpaired) electrons. The molecule has 2 aliphatic rings. The lowest BCUT2D eigenvalue weighted by Gasteiger charge is -2.43. The molecule has 69 heavy (non-hydrogen) atoms. The van der Waals surface area contributed by atoms with Gasteiger partial charge in [-0.05, 0) is 61.8 Å². The van der Waals surface area contributed by atoms with Crippen LogP contribution >= 0.6 is 0 Å². The Hall–Kier alpha value is -7.30. The van der Waals surface area contributed by atoms with Gasteiger partial charge in [0.1, 0.15) is 60.4 Å². The second-order valence-corrected chi connectivity index (χ2v) is 17.3. The minimum absolute atomic E-state index is 0.0146. The Morgan fingerprint density at radius 2 is 1.52 bits per heavy atom. The highest BCUT2D eigenvalue weighted by molar-refractivity contribution is 5.98. The zero-order valence-electron chi connectivity index (χ0n) is 39.3. The van der Waals surface area contributed by atoms with Crippen molar-refractivity contribution in [2.24, 2.45) is 22.4 Å². The lowest BCUT2D eigenvalue weighted by atomic mass is 9.95. The number of carboxylic acids is 1. The Morgan fingerprint density at radius 3 is 2.13 bits per heavy atom. The highest BCUT2D eigenvalue weighted by Gasteiger charge is 2.46. The van der Waals surface area contributed by atoms with Crippen LogP contribution in [0.2, 0.25) is 0 Å². The number of aromatic hydroxyl groups is 1. The quantitative estimate of drug-likeness (QED) is 0.0411. The van der Waals surface area contributed by atoms with Crippen molar-refractivity contribution in [3.05, 3.63) is 65.7 Å². The molecule has 2 aromatic rings. The summed E-state index contributed by atoms with van der Waals surface area (Å²) in [5.41, 5.74) is 12.1. The summed E-state index contributed by atoms with van der Waals surface area (Å²) in [7, 11) is 1.34. The number of guanidine groups is 1. The number of carboxylic acid groups (broad SMARTS) is 1. The summed E-state index contributed by atoms with van der Waals surface area (Å²) in [6, 6.07) is 3.63. The van der Waals surface area contributed by atoms with E-state index >= 15 is 4.79 Å². The standard InChI is InChI=1S/C46H64N10O13/c1-6-24(2)37-45(68)69-25(3)38(54-40(63)32(23-36(60)61)50-26(4)57)42(65)51-30(13-10-20-49-46(47)48)39(62)52-31-18-19-35(59)56(43(31)66)34(22-27-11-8-7-9-12-27)44(67)55(5)33(41(64)53-37)21-28-14-16-29(58)17-15-28/h7-9,11-12,14-17,24-25,30-35,37-38,58-59H,6,10,13,18-23H2,1-5H3,(H,50,57)(H,51,65)(H,52,62)(H,53,64)(H,54,63)(H,60,61)(H4,47,48,49)/t24?,25?,30-,31-,32?,33-,34-,35+,37-,38?/m0/s1. The molecule has 12 N–H and O–H groups in total. The lowest BCUT2D eigenvalue weighted by molar-refractivity contribution is -0.165. The van der Waals surface area contributed by atoms with E-state index in [9.17, 15) is 53.7 Å². The van der Waals surface area contributed by atoms with E-state index in [1.165, 1.54) is 38.2 Å². The average Bonchev–Trinajstić information content (AvgIpc) is 3.29. The minimum atomic E-state index is -1.89. The van der Waals surface area contributed by atoms with Crippen LogP contribution in [-0.4, -0.2) is 153 Å². The summed E-state index contributed by atoms with van der Waals surface area (Å²) in [5.74, 6) is -10.0. The molecule has 10 atom stereocenters. The Morgan fingerprint density at radius 1 is 0.884 bits per heavy atom. The monoisotopic (exact) mass is 964 g/mol. The number of nitrogens with two attached hydrogens (primary N) is 2. The second-order valence-electron chi connectivity index (χ2n) is 17.3. The molecule has 2 saturated heterocycles. The van der Waals surface area contributed by atoms with Gasteiger partial charge in [-0.3, -0.25) is 43.3 Å². The van der Waals surface area contributed by atoms with E-state index in [1.807, 2.05) is 0 Å². The van der Waals surface area contributed by atoms with Crippen LogP contribution in [-0.2, 0) is 60.7 Å². The van der Waals surface area contributed by atoms with Gasteiger partial charge in [0.25, 0.3) is 0 Å². The van der Waals surface area contributed by atoms with Crippen molar-refractivity contribution in [2.45, 2.75) is 134 Å². The van der Waals surface area contributed by atoms with Crippen molar-refractivity contribution in [2.75, 3.05) is 13.6 Å². The number of phenolic OH excluding ortho intramolecular Hbond substituents is 1. The number of cyclic esters (lactones) is 1. The number of esters is 1. The molecule has 2 heterocycles. The summed E-state index contributed by atoms with van der Waals surface area (Å²) in [6.07, 6.45) is -4.44. The van der Waals surface area contributed by atoms with Crippen LogP contribution in [0.5, 0.6) is 5.75 Å². The smallest absolute Gasteiger partial charge is 0.329 e. The molecule has 4 rings (SSSR count). The molecule has 2 aliphatic heterocycles. The Labute approximate surface area is 399 Å². The molecule has 23 nitrogen and oxygen atoms in total. The fraction of sp³-hybridized carbons (Fsp3) is 0.522. The zero-order chi connectivity index (χ0) is 51.1. The first-order chi connectivity index (χ1) is 32.6. The number of hydrogen-bond donors (Lipinski definition) is 10. The van der Waals surface area contributed by atoms with Gasteiger partial charge < -0.3 is 67.9 Å². The third-order valence-corrected chi connectivity index (χ3v) is 12.0. The van der Waals surface area contributed by atoms with E-state index in [0.29, 0.717) is 11.1 Å². The number of hydrogen-bond acceptors (Lipinski definition) is 13. The van der Waals surface area contributed by atoms with E-state index in [-0.39, 0.29) is 63.2 Å². The van der Waals surface area contributed by atoms with Gasteiger partial charge in [-0.2, -0.15) is 0 Å². The SMILES string of the molecule is CCC(C)[C@@H]1NC(=O)[C@H](Cc2ccc(O)cc2)N(C)C(=O)[C@H](Cc2ccccc2)N2C(=O)[C@H](CC[C@H]2O)NC(=O)[C@H](CCCN=C(N)N)NC(=O)C(NC(=O)C(CC(=O)O)NC(C)=O)C(C)OC1=O.